The van der Waals surface area contributed by atoms with Gasteiger partial charge in [-0.3, -0.25) is 4.79 Å². The van der Waals surface area contributed by atoms with Gasteiger partial charge in [0.1, 0.15) is 0 Å². The molecule has 3 rings (SSSR count). The highest BCUT2D eigenvalue weighted by atomic mass is 32.2. The SMILES string of the molecule is C[C@@H]1C[C@@H](C)CN(S(=O)(=O)N2CCC[C@H](C(=O)NCCCN3CCCCCC3)C2)C1. The van der Waals surface area contributed by atoms with Gasteiger partial charge in [-0.25, -0.2) is 0 Å². The molecule has 0 unspecified atom stereocenters. The number of hydrogen-bond acceptors (Lipinski definition) is 4. The van der Waals surface area contributed by atoms with Crippen LogP contribution in [-0.2, 0) is 15.0 Å². The fourth-order valence-corrected chi connectivity index (χ4v) is 7.28. The van der Waals surface area contributed by atoms with E-state index in [2.05, 4.69) is 24.1 Å². The minimum absolute atomic E-state index is 0.0196. The highest BCUT2D eigenvalue weighted by molar-refractivity contribution is 7.86. The van der Waals surface area contributed by atoms with Crippen LogP contribution in [0.1, 0.15) is 65.2 Å². The smallest absolute Gasteiger partial charge is 0.282 e. The molecule has 1 N–H and O–H groups in total. The Kier molecular flexibility index (Phi) is 8.98. The Morgan fingerprint density at radius 1 is 0.900 bits per heavy atom. The van der Waals surface area contributed by atoms with E-state index >= 15 is 0 Å². The summed E-state index contributed by atoms with van der Waals surface area (Å²) < 4.78 is 29.6. The molecule has 0 aromatic heterocycles. The Morgan fingerprint density at radius 2 is 1.57 bits per heavy atom. The number of likely N-dealkylation sites (tertiary alicyclic amines) is 1. The van der Waals surface area contributed by atoms with Gasteiger partial charge >= 0.3 is 0 Å². The lowest BCUT2D eigenvalue weighted by Crippen LogP contribution is -2.53. The van der Waals surface area contributed by atoms with E-state index in [1.54, 1.807) is 8.61 Å². The normalized spacial score (nSPS) is 30.7. The predicted octanol–water partition coefficient (Wildman–Crippen LogP) is 2.30. The van der Waals surface area contributed by atoms with E-state index in [1.165, 1.54) is 38.8 Å². The standard InChI is InChI=1S/C22H42N4O3S/c1-19-15-20(2)17-26(16-19)30(28,29)25-14-7-9-21(18-25)22(27)23-10-8-13-24-11-5-3-4-6-12-24/h19-21H,3-18H2,1-2H3,(H,23,27)/t19-,20-,21+/m1/s1. The third-order valence-electron chi connectivity index (χ3n) is 6.89. The van der Waals surface area contributed by atoms with Crippen molar-refractivity contribution >= 4 is 16.1 Å². The van der Waals surface area contributed by atoms with E-state index in [9.17, 15) is 13.2 Å². The van der Waals surface area contributed by atoms with Crippen LogP contribution in [0.25, 0.3) is 0 Å². The largest absolute Gasteiger partial charge is 0.356 e. The monoisotopic (exact) mass is 442 g/mol. The van der Waals surface area contributed by atoms with Crippen LogP contribution in [0.3, 0.4) is 0 Å². The lowest BCUT2D eigenvalue weighted by molar-refractivity contribution is -0.126. The van der Waals surface area contributed by atoms with Crippen LogP contribution < -0.4 is 5.32 Å². The molecule has 3 saturated heterocycles. The summed E-state index contributed by atoms with van der Waals surface area (Å²) in [6, 6.07) is 0. The van der Waals surface area contributed by atoms with E-state index in [1.807, 2.05) is 0 Å². The molecule has 8 heteroatoms. The number of carbonyl (C=O) groups excluding carboxylic acids is 1. The molecular weight excluding hydrogens is 400 g/mol. The van der Waals surface area contributed by atoms with Crippen LogP contribution >= 0.6 is 0 Å². The fourth-order valence-electron chi connectivity index (χ4n) is 5.34. The van der Waals surface area contributed by atoms with E-state index in [0.717, 1.165) is 32.2 Å². The van der Waals surface area contributed by atoms with Gasteiger partial charge in [0.15, 0.2) is 0 Å². The van der Waals surface area contributed by atoms with Gasteiger partial charge in [-0.05, 0) is 70.0 Å². The average molecular weight is 443 g/mol. The van der Waals surface area contributed by atoms with Crippen molar-refractivity contribution in [1.29, 1.82) is 0 Å². The topological polar surface area (TPSA) is 73.0 Å². The van der Waals surface area contributed by atoms with Gasteiger partial charge in [-0.2, -0.15) is 17.0 Å². The minimum Gasteiger partial charge on any atom is -0.356 e. The van der Waals surface area contributed by atoms with Crippen LogP contribution in [0.5, 0.6) is 0 Å². The maximum Gasteiger partial charge on any atom is 0.282 e. The summed E-state index contributed by atoms with van der Waals surface area (Å²) >= 11 is 0. The van der Waals surface area contributed by atoms with Crippen LogP contribution in [0.15, 0.2) is 0 Å². The molecule has 0 radical (unpaired) electrons. The van der Waals surface area contributed by atoms with E-state index < -0.39 is 10.2 Å². The van der Waals surface area contributed by atoms with Gasteiger partial charge in [0.25, 0.3) is 10.2 Å². The molecule has 1 amide bonds. The fraction of sp³-hybridized carbons (Fsp3) is 0.955. The minimum atomic E-state index is -3.48. The molecule has 30 heavy (non-hydrogen) atoms. The first kappa shape index (κ1) is 24.0. The van der Waals surface area contributed by atoms with Crippen molar-refractivity contribution in [2.45, 2.75) is 65.2 Å². The zero-order chi connectivity index (χ0) is 21.6. The first-order valence-electron chi connectivity index (χ1n) is 12.1. The van der Waals surface area contributed by atoms with Crippen molar-refractivity contribution in [3.8, 4) is 0 Å². The zero-order valence-electron chi connectivity index (χ0n) is 19.0. The molecule has 0 aromatic carbocycles. The molecule has 0 saturated carbocycles. The molecule has 3 atom stereocenters. The molecule has 3 heterocycles. The predicted molar refractivity (Wildman–Crippen MR) is 120 cm³/mol. The number of carbonyl (C=O) groups is 1. The highest BCUT2D eigenvalue weighted by Crippen LogP contribution is 2.27. The van der Waals surface area contributed by atoms with Crippen molar-refractivity contribution in [2.75, 3.05) is 52.4 Å². The van der Waals surface area contributed by atoms with Crippen molar-refractivity contribution in [1.82, 2.24) is 18.8 Å². The van der Waals surface area contributed by atoms with Crippen molar-refractivity contribution in [3.63, 3.8) is 0 Å². The maximum atomic E-state index is 13.2. The summed E-state index contributed by atoms with van der Waals surface area (Å²) in [6.07, 6.45) is 8.81. The quantitative estimate of drug-likeness (QED) is 0.614. The number of rotatable bonds is 7. The van der Waals surface area contributed by atoms with E-state index in [4.69, 9.17) is 0 Å². The Balaban J connectivity index is 1.44. The summed E-state index contributed by atoms with van der Waals surface area (Å²) in [5, 5.41) is 3.07. The second kappa shape index (κ2) is 11.2. The molecular formula is C22H42N4O3S. The molecule has 7 nitrogen and oxygen atoms in total. The average Bonchev–Trinajstić information content (AvgIpc) is 2.99. The molecule has 174 valence electrons. The number of nitrogens with one attached hydrogen (secondary N) is 1. The van der Waals surface area contributed by atoms with Gasteiger partial charge in [0, 0.05) is 32.7 Å². The molecule has 3 fully saturated rings. The van der Waals surface area contributed by atoms with Gasteiger partial charge in [-0.15, -0.1) is 0 Å². The number of amides is 1. The number of nitrogens with zero attached hydrogens (tertiary/aromatic N) is 3. The Hall–Kier alpha value is -0.700. The summed E-state index contributed by atoms with van der Waals surface area (Å²) in [5.74, 6) is 0.561. The van der Waals surface area contributed by atoms with Crippen molar-refractivity contribution < 1.29 is 13.2 Å². The third kappa shape index (κ3) is 6.65. The zero-order valence-corrected chi connectivity index (χ0v) is 19.8. The second-order valence-corrected chi connectivity index (χ2v) is 11.8. The van der Waals surface area contributed by atoms with Gasteiger partial charge < -0.3 is 10.2 Å². The van der Waals surface area contributed by atoms with Crippen LogP contribution in [0.2, 0.25) is 0 Å². The van der Waals surface area contributed by atoms with Crippen LogP contribution in [0, 0.1) is 17.8 Å². The molecule has 3 aliphatic rings. The van der Waals surface area contributed by atoms with Crippen molar-refractivity contribution in [2.24, 2.45) is 17.8 Å². The lowest BCUT2D eigenvalue weighted by atomic mass is 9.94. The third-order valence-corrected chi connectivity index (χ3v) is 8.83. The number of piperidine rings is 2. The van der Waals surface area contributed by atoms with Gasteiger partial charge in [-0.1, -0.05) is 26.7 Å². The Labute approximate surface area is 183 Å². The summed E-state index contributed by atoms with van der Waals surface area (Å²) in [7, 11) is -3.48. The molecule has 0 bridgehead atoms. The van der Waals surface area contributed by atoms with Crippen molar-refractivity contribution in [3.05, 3.63) is 0 Å². The lowest BCUT2D eigenvalue weighted by Gasteiger charge is -2.39. The van der Waals surface area contributed by atoms with Crippen LogP contribution in [0.4, 0.5) is 0 Å². The van der Waals surface area contributed by atoms with E-state index in [0.29, 0.717) is 44.6 Å². The molecule has 0 spiro atoms. The second-order valence-electron chi connectivity index (χ2n) is 9.87. The highest BCUT2D eigenvalue weighted by Gasteiger charge is 2.38. The van der Waals surface area contributed by atoms with E-state index in [-0.39, 0.29) is 11.8 Å². The summed E-state index contributed by atoms with van der Waals surface area (Å²) in [6.45, 7) is 10.4. The molecule has 0 aliphatic carbocycles. The maximum absolute atomic E-state index is 13.2. The first-order valence-corrected chi connectivity index (χ1v) is 13.5. The summed E-state index contributed by atoms with van der Waals surface area (Å²) in [4.78, 5) is 15.2. The first-order chi connectivity index (χ1) is 14.4. The Bertz CT molecular complexity index is 639. The number of hydrogen-bond donors (Lipinski definition) is 1. The summed E-state index contributed by atoms with van der Waals surface area (Å²) in [5.41, 5.74) is 0. The Morgan fingerprint density at radius 3 is 2.23 bits per heavy atom. The van der Waals surface area contributed by atoms with Gasteiger partial charge in [0.05, 0.1) is 5.92 Å². The van der Waals surface area contributed by atoms with Crippen LogP contribution in [-0.4, -0.2) is 80.2 Å². The molecule has 3 aliphatic heterocycles. The van der Waals surface area contributed by atoms with Gasteiger partial charge in [0.2, 0.25) is 5.91 Å². The molecule has 0 aromatic rings.